The van der Waals surface area contributed by atoms with Crippen LogP contribution in [0.4, 0.5) is 0 Å². The number of hydrogen-bond acceptors (Lipinski definition) is 5. The van der Waals surface area contributed by atoms with Crippen LogP contribution in [0.25, 0.3) is 0 Å². The third-order valence-electron chi connectivity index (χ3n) is 4.60. The summed E-state index contributed by atoms with van der Waals surface area (Å²) < 4.78 is 5.19. The zero-order chi connectivity index (χ0) is 15.4. The highest BCUT2D eigenvalue weighted by Crippen LogP contribution is 2.51. The van der Waals surface area contributed by atoms with Crippen molar-refractivity contribution in [3.8, 4) is 11.5 Å². The van der Waals surface area contributed by atoms with Gasteiger partial charge in [-0.25, -0.2) is 4.79 Å². The van der Waals surface area contributed by atoms with E-state index < -0.39 is 22.3 Å². The Bertz CT molecular complexity index is 693. The number of carbonyl (C=O) groups excluding carboxylic acids is 1. The van der Waals surface area contributed by atoms with Gasteiger partial charge in [-0.15, -0.1) is 0 Å². The van der Waals surface area contributed by atoms with E-state index in [9.17, 15) is 20.0 Å². The lowest BCUT2D eigenvalue weighted by molar-refractivity contribution is -0.561. The van der Waals surface area contributed by atoms with Gasteiger partial charge in [0.25, 0.3) is 0 Å². The van der Waals surface area contributed by atoms with Crippen LogP contribution in [0.5, 0.6) is 11.5 Å². The van der Waals surface area contributed by atoms with Gasteiger partial charge in [-0.1, -0.05) is 11.1 Å². The van der Waals surface area contributed by atoms with E-state index in [2.05, 4.69) is 0 Å². The van der Waals surface area contributed by atoms with Gasteiger partial charge in [0.15, 0.2) is 0 Å². The maximum absolute atomic E-state index is 12.3. The van der Waals surface area contributed by atoms with Crippen LogP contribution < -0.4 is 4.74 Å². The molecule has 0 saturated carbocycles. The molecule has 0 saturated heterocycles. The van der Waals surface area contributed by atoms with E-state index in [1.165, 1.54) is 18.2 Å². The second-order valence-corrected chi connectivity index (χ2v) is 5.79. The van der Waals surface area contributed by atoms with Crippen molar-refractivity contribution in [2.24, 2.45) is 0 Å². The number of esters is 1. The minimum atomic E-state index is -1.79. The van der Waals surface area contributed by atoms with E-state index in [0.717, 1.165) is 11.1 Å². The minimum Gasteiger partial charge on any atom is -0.508 e. The van der Waals surface area contributed by atoms with Crippen LogP contribution in [0.2, 0.25) is 0 Å². The molecule has 1 heterocycles. The van der Waals surface area contributed by atoms with Gasteiger partial charge in [0, 0.05) is 10.5 Å². The molecule has 21 heavy (non-hydrogen) atoms. The molecule has 2 aliphatic rings. The highest BCUT2D eigenvalue weighted by molar-refractivity contribution is 5.86. The van der Waals surface area contributed by atoms with E-state index in [1.807, 2.05) is 13.8 Å². The van der Waals surface area contributed by atoms with Gasteiger partial charge in [0.05, 0.1) is 12.3 Å². The fourth-order valence-corrected chi connectivity index (χ4v) is 3.26. The molecule has 1 N–H and O–H groups in total. The summed E-state index contributed by atoms with van der Waals surface area (Å²) >= 11 is 0. The maximum atomic E-state index is 12.3. The lowest BCUT2D eigenvalue weighted by Crippen LogP contribution is -2.57. The fraction of sp³-hybridized carbons (Fsp3) is 0.400. The number of ether oxygens (including phenoxy) is 1. The zero-order valence-corrected chi connectivity index (χ0v) is 11.8. The SMILES string of the molecule is CC1=C(C)C[C@]2([N+](=O)[O-])C(=O)Oc3ccc(O)cc3[C@@H]2C1. The predicted octanol–water partition coefficient (Wildman–Crippen LogP) is 2.54. The molecule has 0 aromatic heterocycles. The van der Waals surface area contributed by atoms with Crippen molar-refractivity contribution in [1.82, 2.24) is 0 Å². The van der Waals surface area contributed by atoms with Crippen molar-refractivity contribution in [1.29, 1.82) is 0 Å². The third-order valence-corrected chi connectivity index (χ3v) is 4.60. The standard InChI is InChI=1S/C15H15NO5/c1-8-5-12-11-6-10(17)3-4-13(11)21-14(18)15(12,16(19)20)7-9(8)2/h3-4,6,12,17H,5,7H2,1-2H3/t12-,15+/m0/s1. The maximum Gasteiger partial charge on any atom is 0.391 e. The molecular formula is C15H15NO5. The van der Waals surface area contributed by atoms with Gasteiger partial charge >= 0.3 is 11.5 Å². The molecule has 110 valence electrons. The van der Waals surface area contributed by atoms with Gasteiger partial charge in [-0.05, 0) is 38.5 Å². The van der Waals surface area contributed by atoms with Gasteiger partial charge in [-0.2, -0.15) is 0 Å². The van der Waals surface area contributed by atoms with E-state index in [4.69, 9.17) is 4.74 Å². The molecule has 0 amide bonds. The smallest absolute Gasteiger partial charge is 0.391 e. The number of phenolic OH excluding ortho intramolecular Hbond substituents is 1. The van der Waals surface area contributed by atoms with Crippen LogP contribution in [0.15, 0.2) is 29.3 Å². The largest absolute Gasteiger partial charge is 0.508 e. The second kappa shape index (κ2) is 4.31. The van der Waals surface area contributed by atoms with E-state index >= 15 is 0 Å². The Kier molecular flexibility index (Phi) is 2.79. The number of nitro groups is 1. The first kappa shape index (κ1) is 13.6. The summed E-state index contributed by atoms with van der Waals surface area (Å²) in [6.07, 6.45) is 0.461. The van der Waals surface area contributed by atoms with Gasteiger partial charge < -0.3 is 9.84 Å². The van der Waals surface area contributed by atoms with E-state index in [0.29, 0.717) is 17.7 Å². The lowest BCUT2D eigenvalue weighted by Gasteiger charge is -2.39. The summed E-state index contributed by atoms with van der Waals surface area (Å²) in [4.78, 5) is 23.5. The Morgan fingerprint density at radius 1 is 1.38 bits per heavy atom. The van der Waals surface area contributed by atoms with Crippen molar-refractivity contribution in [3.63, 3.8) is 0 Å². The van der Waals surface area contributed by atoms with Crippen LogP contribution in [0, 0.1) is 10.1 Å². The topological polar surface area (TPSA) is 89.7 Å². The summed E-state index contributed by atoms with van der Waals surface area (Å²) in [6.45, 7) is 3.73. The Labute approximate surface area is 121 Å². The molecule has 0 bridgehead atoms. The first-order valence-corrected chi connectivity index (χ1v) is 6.71. The molecule has 6 nitrogen and oxygen atoms in total. The molecule has 0 spiro atoms. The number of allylic oxidation sites excluding steroid dienone is 1. The van der Waals surface area contributed by atoms with Crippen molar-refractivity contribution in [2.45, 2.75) is 38.1 Å². The molecular weight excluding hydrogens is 274 g/mol. The van der Waals surface area contributed by atoms with Crippen LogP contribution in [-0.4, -0.2) is 21.5 Å². The molecule has 2 atom stereocenters. The molecule has 1 aromatic carbocycles. The average molecular weight is 289 g/mol. The quantitative estimate of drug-likeness (QED) is 0.282. The Morgan fingerprint density at radius 3 is 2.76 bits per heavy atom. The predicted molar refractivity (Wildman–Crippen MR) is 73.8 cm³/mol. The third kappa shape index (κ3) is 1.75. The fourth-order valence-electron chi connectivity index (χ4n) is 3.26. The molecule has 0 radical (unpaired) electrons. The highest BCUT2D eigenvalue weighted by atomic mass is 16.6. The Balaban J connectivity index is 2.25. The van der Waals surface area contributed by atoms with Crippen molar-refractivity contribution >= 4 is 5.97 Å². The second-order valence-electron chi connectivity index (χ2n) is 5.79. The van der Waals surface area contributed by atoms with Crippen molar-refractivity contribution in [2.75, 3.05) is 0 Å². The summed E-state index contributed by atoms with van der Waals surface area (Å²) in [5.74, 6) is -1.12. The highest BCUT2D eigenvalue weighted by Gasteiger charge is 2.63. The lowest BCUT2D eigenvalue weighted by atomic mass is 9.67. The van der Waals surface area contributed by atoms with E-state index in [-0.39, 0.29) is 12.2 Å². The van der Waals surface area contributed by atoms with Crippen molar-refractivity contribution < 1.29 is 19.6 Å². The van der Waals surface area contributed by atoms with Crippen molar-refractivity contribution in [3.05, 3.63) is 45.0 Å². The molecule has 6 heteroatoms. The zero-order valence-electron chi connectivity index (χ0n) is 11.8. The number of aromatic hydroxyl groups is 1. The van der Waals surface area contributed by atoms with Crippen LogP contribution >= 0.6 is 0 Å². The van der Waals surface area contributed by atoms with Crippen LogP contribution in [-0.2, 0) is 4.79 Å². The number of nitrogens with zero attached hydrogens (tertiary/aromatic N) is 1. The van der Waals surface area contributed by atoms with E-state index in [1.54, 1.807) is 0 Å². The average Bonchev–Trinajstić information content (AvgIpc) is 2.42. The monoisotopic (exact) mass is 289 g/mol. The number of benzene rings is 1. The van der Waals surface area contributed by atoms with Crippen LogP contribution in [0.1, 0.15) is 38.2 Å². The molecule has 0 unspecified atom stereocenters. The summed E-state index contributed by atoms with van der Waals surface area (Å²) in [6, 6.07) is 4.34. The number of hydrogen-bond donors (Lipinski definition) is 1. The molecule has 3 rings (SSSR count). The first-order chi connectivity index (χ1) is 9.86. The van der Waals surface area contributed by atoms with Gasteiger partial charge in [0.1, 0.15) is 11.5 Å². The molecule has 1 aliphatic heterocycles. The molecule has 1 aromatic rings. The molecule has 1 aliphatic carbocycles. The van der Waals surface area contributed by atoms with Gasteiger partial charge in [0.2, 0.25) is 0 Å². The van der Waals surface area contributed by atoms with Gasteiger partial charge in [-0.3, -0.25) is 10.1 Å². The number of rotatable bonds is 1. The Hall–Kier alpha value is -2.37. The Morgan fingerprint density at radius 2 is 2.10 bits per heavy atom. The molecule has 0 fully saturated rings. The normalized spacial score (nSPS) is 27.7. The van der Waals surface area contributed by atoms with Crippen LogP contribution in [0.3, 0.4) is 0 Å². The number of carbonyl (C=O) groups is 1. The summed E-state index contributed by atoms with van der Waals surface area (Å²) in [5.41, 5.74) is 0.632. The number of fused-ring (bicyclic) bond motifs is 3. The summed E-state index contributed by atoms with van der Waals surface area (Å²) in [5, 5.41) is 21.4. The first-order valence-electron chi connectivity index (χ1n) is 6.71. The number of phenols is 1. The summed E-state index contributed by atoms with van der Waals surface area (Å²) in [7, 11) is 0. The minimum absolute atomic E-state index is 0.00729.